The fraction of sp³-hybridized carbons (Fsp3) is 0.222. The third kappa shape index (κ3) is 5.33. The summed E-state index contributed by atoms with van der Waals surface area (Å²) in [6, 6.07) is 9.79. The van der Waals surface area contributed by atoms with Gasteiger partial charge in [-0.05, 0) is 35.4 Å². The van der Waals surface area contributed by atoms with Crippen LogP contribution in [0.1, 0.15) is 11.1 Å². The molecule has 3 aromatic rings. The first-order valence-electron chi connectivity index (χ1n) is 7.83. The van der Waals surface area contributed by atoms with Crippen molar-refractivity contribution in [1.29, 1.82) is 0 Å². The lowest BCUT2D eigenvalue weighted by Gasteiger charge is -2.04. The lowest BCUT2D eigenvalue weighted by molar-refractivity contribution is 0.386. The normalized spacial score (nSPS) is 10.8. The maximum atomic E-state index is 13.7. The highest BCUT2D eigenvalue weighted by Crippen LogP contribution is 2.33. The van der Waals surface area contributed by atoms with Gasteiger partial charge in [0.2, 0.25) is 0 Å². The van der Waals surface area contributed by atoms with Gasteiger partial charge < -0.3 is 9.47 Å². The molecule has 0 atom stereocenters. The van der Waals surface area contributed by atoms with Gasteiger partial charge in [-0.25, -0.2) is 8.78 Å². The van der Waals surface area contributed by atoms with Crippen LogP contribution in [0, 0.1) is 11.6 Å². The Morgan fingerprint density at radius 1 is 0.815 bits per heavy atom. The summed E-state index contributed by atoms with van der Waals surface area (Å²) in [6.45, 7) is 0. The van der Waals surface area contributed by atoms with Crippen LogP contribution in [0.25, 0.3) is 0 Å². The summed E-state index contributed by atoms with van der Waals surface area (Å²) < 4.78 is 38.9. The van der Waals surface area contributed by atoms with Crippen molar-refractivity contribution in [2.75, 3.05) is 14.2 Å². The fourth-order valence-electron chi connectivity index (χ4n) is 2.20. The molecule has 0 amide bonds. The summed E-state index contributed by atoms with van der Waals surface area (Å²) in [6.07, 6.45) is 0. The number of thioether (sulfide) groups is 2. The van der Waals surface area contributed by atoms with E-state index in [2.05, 4.69) is 10.2 Å². The van der Waals surface area contributed by atoms with E-state index in [-0.39, 0.29) is 23.1 Å². The Morgan fingerprint density at radius 3 is 1.63 bits per heavy atom. The van der Waals surface area contributed by atoms with E-state index in [0.29, 0.717) is 11.5 Å². The molecule has 4 nitrogen and oxygen atoms in total. The molecule has 0 saturated heterocycles. The minimum absolute atomic E-state index is 0.230. The summed E-state index contributed by atoms with van der Waals surface area (Å²) in [5, 5.41) is 8.29. The van der Waals surface area contributed by atoms with Crippen molar-refractivity contribution in [2.45, 2.75) is 20.2 Å². The quantitative estimate of drug-likeness (QED) is 0.448. The molecule has 0 aliphatic carbocycles. The Bertz CT molecular complexity index is 849. The van der Waals surface area contributed by atoms with Crippen molar-refractivity contribution < 1.29 is 18.3 Å². The van der Waals surface area contributed by atoms with Crippen molar-refractivity contribution in [3.05, 3.63) is 59.2 Å². The van der Waals surface area contributed by atoms with Gasteiger partial charge >= 0.3 is 0 Å². The zero-order valence-corrected chi connectivity index (χ0v) is 17.0. The Balaban J connectivity index is 1.54. The molecule has 0 bridgehead atoms. The molecule has 0 saturated carbocycles. The minimum atomic E-state index is -0.379. The third-order valence-corrected chi connectivity index (χ3v) is 6.88. The maximum Gasteiger partial charge on any atom is 0.175 e. The summed E-state index contributed by atoms with van der Waals surface area (Å²) >= 11 is 4.45. The van der Waals surface area contributed by atoms with Crippen molar-refractivity contribution in [1.82, 2.24) is 10.2 Å². The highest BCUT2D eigenvalue weighted by Gasteiger charge is 2.09. The van der Waals surface area contributed by atoms with Gasteiger partial charge in [-0.3, -0.25) is 0 Å². The molecular weight excluding hydrogens is 410 g/mol. The maximum absolute atomic E-state index is 13.7. The van der Waals surface area contributed by atoms with E-state index in [1.807, 2.05) is 12.1 Å². The number of methoxy groups -OCH3 is 2. The van der Waals surface area contributed by atoms with Crippen LogP contribution in [0.5, 0.6) is 11.5 Å². The van der Waals surface area contributed by atoms with E-state index >= 15 is 0 Å². The molecule has 2 aromatic carbocycles. The lowest BCUT2D eigenvalue weighted by Crippen LogP contribution is -1.89. The van der Waals surface area contributed by atoms with Crippen LogP contribution in [0.2, 0.25) is 0 Å². The van der Waals surface area contributed by atoms with Gasteiger partial charge in [-0.15, -0.1) is 10.2 Å². The first-order chi connectivity index (χ1) is 13.1. The third-order valence-electron chi connectivity index (χ3n) is 3.54. The van der Waals surface area contributed by atoms with E-state index < -0.39 is 0 Å². The number of ether oxygens (including phenoxy) is 2. The van der Waals surface area contributed by atoms with E-state index in [9.17, 15) is 8.78 Å². The lowest BCUT2D eigenvalue weighted by atomic mass is 10.2. The average Bonchev–Trinajstić information content (AvgIpc) is 3.13. The highest BCUT2D eigenvalue weighted by molar-refractivity contribution is 8.02. The Labute approximate surface area is 168 Å². The molecule has 0 unspecified atom stereocenters. The number of hydrogen-bond donors (Lipinski definition) is 0. The molecule has 0 N–H and O–H groups in total. The zero-order valence-electron chi connectivity index (χ0n) is 14.6. The van der Waals surface area contributed by atoms with Crippen LogP contribution in [-0.2, 0) is 11.5 Å². The smallest absolute Gasteiger partial charge is 0.175 e. The topological polar surface area (TPSA) is 44.2 Å². The molecular formula is C18H16F2N2O2S3. The van der Waals surface area contributed by atoms with Gasteiger partial charge in [-0.1, -0.05) is 47.0 Å². The number of halogens is 2. The molecule has 3 rings (SSSR count). The molecule has 1 aromatic heterocycles. The fourth-order valence-corrected chi connectivity index (χ4v) is 5.11. The number of nitrogens with zero attached hydrogens (tertiary/aromatic N) is 2. The molecule has 0 aliphatic heterocycles. The first kappa shape index (κ1) is 19.9. The Kier molecular flexibility index (Phi) is 6.92. The van der Waals surface area contributed by atoms with Gasteiger partial charge in [0.15, 0.2) is 31.8 Å². The van der Waals surface area contributed by atoms with Crippen LogP contribution >= 0.6 is 34.9 Å². The second-order valence-corrected chi connectivity index (χ2v) is 8.77. The monoisotopic (exact) mass is 426 g/mol. The van der Waals surface area contributed by atoms with E-state index in [4.69, 9.17) is 9.47 Å². The molecule has 9 heteroatoms. The van der Waals surface area contributed by atoms with Gasteiger partial charge in [0.25, 0.3) is 0 Å². The first-order valence-corrected chi connectivity index (χ1v) is 10.6. The minimum Gasteiger partial charge on any atom is -0.494 e. The predicted octanol–water partition coefficient (Wildman–Crippen LogP) is 5.42. The van der Waals surface area contributed by atoms with Crippen molar-refractivity contribution in [3.8, 4) is 11.5 Å². The predicted molar refractivity (Wildman–Crippen MR) is 105 cm³/mol. The van der Waals surface area contributed by atoms with Crippen LogP contribution in [0.4, 0.5) is 8.78 Å². The summed E-state index contributed by atoms with van der Waals surface area (Å²) in [4.78, 5) is 0. The van der Waals surface area contributed by atoms with Crippen molar-refractivity contribution in [3.63, 3.8) is 0 Å². The SMILES string of the molecule is COc1ccc(CSc2nnc(SCc3ccc(OC)c(F)c3)s2)cc1F. The van der Waals surface area contributed by atoms with Gasteiger partial charge in [-0.2, -0.15) is 0 Å². The second-order valence-electron chi connectivity index (χ2n) is 5.35. The van der Waals surface area contributed by atoms with Crippen LogP contribution in [-0.4, -0.2) is 24.4 Å². The Hall–Kier alpha value is -1.84. The number of benzene rings is 2. The average molecular weight is 427 g/mol. The summed E-state index contributed by atoms with van der Waals surface area (Å²) in [7, 11) is 2.88. The van der Waals surface area contributed by atoms with Crippen LogP contribution < -0.4 is 9.47 Å². The highest BCUT2D eigenvalue weighted by atomic mass is 32.2. The second kappa shape index (κ2) is 9.38. The van der Waals surface area contributed by atoms with E-state index in [0.717, 1.165) is 19.8 Å². The molecule has 0 radical (unpaired) electrons. The standard InChI is InChI=1S/C18H16F2N2O2S3/c1-23-15-5-3-11(7-13(15)19)9-25-17-21-22-18(27-17)26-10-12-4-6-16(24-2)14(20)8-12/h3-8H,9-10H2,1-2H3. The summed E-state index contributed by atoms with van der Waals surface area (Å²) in [5.41, 5.74) is 1.69. The largest absolute Gasteiger partial charge is 0.494 e. The van der Waals surface area contributed by atoms with E-state index in [1.165, 1.54) is 61.2 Å². The number of hydrogen-bond acceptors (Lipinski definition) is 7. The van der Waals surface area contributed by atoms with Crippen LogP contribution in [0.15, 0.2) is 45.1 Å². The van der Waals surface area contributed by atoms with Crippen LogP contribution in [0.3, 0.4) is 0 Å². The zero-order chi connectivity index (χ0) is 19.2. The summed E-state index contributed by atoms with van der Waals surface area (Å²) in [5.74, 6) is 0.877. The number of rotatable bonds is 8. The molecule has 0 aliphatic rings. The van der Waals surface area contributed by atoms with Gasteiger partial charge in [0.05, 0.1) is 14.2 Å². The molecule has 142 valence electrons. The van der Waals surface area contributed by atoms with Crippen molar-refractivity contribution in [2.24, 2.45) is 0 Å². The molecule has 27 heavy (non-hydrogen) atoms. The van der Waals surface area contributed by atoms with E-state index in [1.54, 1.807) is 12.1 Å². The van der Waals surface area contributed by atoms with Gasteiger partial charge in [0, 0.05) is 11.5 Å². The Morgan fingerprint density at radius 2 is 1.26 bits per heavy atom. The number of aromatic nitrogens is 2. The molecule has 1 heterocycles. The van der Waals surface area contributed by atoms with Gasteiger partial charge in [0.1, 0.15) is 0 Å². The van der Waals surface area contributed by atoms with Crippen molar-refractivity contribution >= 4 is 34.9 Å². The molecule has 0 spiro atoms. The molecule has 0 fully saturated rings.